The van der Waals surface area contributed by atoms with E-state index in [0.717, 1.165) is 60.1 Å². The number of methoxy groups -OCH3 is 2. The summed E-state index contributed by atoms with van der Waals surface area (Å²) in [6, 6.07) is 14.0. The minimum atomic E-state index is -0.0934. The fraction of sp³-hybridized carbons (Fsp3) is 0.467. The standard InChI is InChI=1S/C30H38N6O4/c1-5-25(29-32-33-34-36(29)19-24-10-7-15-40-24)35(14-13-21-11-12-26(38-3)27(16-21)39-4)18-23-17-22-9-6-8-20(2)28(22)31-30(23)37/h6,8-9,11-12,16-17,24-25H,5,7,10,13-15,18-19H2,1-4H3,(H,31,37)/t24-,25+/m1/s1. The Labute approximate surface area is 234 Å². The third kappa shape index (κ3) is 6.03. The second-order valence-corrected chi connectivity index (χ2v) is 10.4. The van der Waals surface area contributed by atoms with Crippen LogP contribution in [0.3, 0.4) is 0 Å². The largest absolute Gasteiger partial charge is 0.493 e. The van der Waals surface area contributed by atoms with Gasteiger partial charge in [-0.3, -0.25) is 9.69 Å². The summed E-state index contributed by atoms with van der Waals surface area (Å²) in [5.74, 6) is 2.18. The number of ether oxygens (including phenoxy) is 3. The highest BCUT2D eigenvalue weighted by Crippen LogP contribution is 2.30. The van der Waals surface area contributed by atoms with Gasteiger partial charge < -0.3 is 19.2 Å². The number of tetrazole rings is 1. The fourth-order valence-electron chi connectivity index (χ4n) is 5.58. The van der Waals surface area contributed by atoms with Crippen LogP contribution in [0.25, 0.3) is 10.9 Å². The molecule has 2 aromatic heterocycles. The van der Waals surface area contributed by atoms with E-state index in [2.05, 4.69) is 32.3 Å². The molecule has 2 atom stereocenters. The zero-order valence-corrected chi connectivity index (χ0v) is 23.7. The van der Waals surface area contributed by atoms with Gasteiger partial charge in [0.05, 0.1) is 38.4 Å². The molecule has 0 aliphatic carbocycles. The molecule has 0 spiro atoms. The van der Waals surface area contributed by atoms with Crippen LogP contribution < -0.4 is 15.0 Å². The van der Waals surface area contributed by atoms with Crippen LogP contribution in [-0.2, 0) is 24.2 Å². The number of benzene rings is 2. The first-order chi connectivity index (χ1) is 19.5. The van der Waals surface area contributed by atoms with Crippen molar-refractivity contribution in [2.45, 2.75) is 64.8 Å². The van der Waals surface area contributed by atoms with Crippen LogP contribution in [0, 0.1) is 6.92 Å². The van der Waals surface area contributed by atoms with Crippen LogP contribution in [0.4, 0.5) is 0 Å². The van der Waals surface area contributed by atoms with Crippen molar-refractivity contribution in [3.63, 3.8) is 0 Å². The Morgan fingerprint density at radius 2 is 2.02 bits per heavy atom. The monoisotopic (exact) mass is 546 g/mol. The Morgan fingerprint density at radius 1 is 1.18 bits per heavy atom. The van der Waals surface area contributed by atoms with Gasteiger partial charge in [0.15, 0.2) is 17.3 Å². The van der Waals surface area contributed by atoms with Crippen molar-refractivity contribution in [3.8, 4) is 11.5 Å². The summed E-state index contributed by atoms with van der Waals surface area (Å²) in [4.78, 5) is 18.7. The first kappa shape index (κ1) is 27.8. The summed E-state index contributed by atoms with van der Waals surface area (Å²) in [5.41, 5.74) is 3.67. The van der Waals surface area contributed by atoms with E-state index in [1.807, 2.05) is 54.1 Å². The average molecular weight is 547 g/mol. The molecule has 1 aliphatic heterocycles. The van der Waals surface area contributed by atoms with E-state index < -0.39 is 0 Å². The Hall–Kier alpha value is -3.76. The maximum Gasteiger partial charge on any atom is 0.252 e. The van der Waals surface area contributed by atoms with Crippen molar-refractivity contribution in [1.29, 1.82) is 0 Å². The molecule has 2 aromatic carbocycles. The summed E-state index contributed by atoms with van der Waals surface area (Å²) in [6.07, 6.45) is 3.70. The lowest BCUT2D eigenvalue weighted by Gasteiger charge is -2.30. The van der Waals surface area contributed by atoms with Crippen LogP contribution in [0.5, 0.6) is 11.5 Å². The zero-order valence-electron chi connectivity index (χ0n) is 23.7. The molecule has 3 heterocycles. The van der Waals surface area contributed by atoms with Crippen molar-refractivity contribution in [2.75, 3.05) is 27.4 Å². The molecule has 10 heteroatoms. The number of nitrogens with zero attached hydrogens (tertiary/aromatic N) is 5. The van der Waals surface area contributed by atoms with Gasteiger partial charge in [0.25, 0.3) is 5.56 Å². The van der Waals surface area contributed by atoms with E-state index >= 15 is 0 Å². The van der Waals surface area contributed by atoms with Gasteiger partial charge in [0.1, 0.15) is 0 Å². The van der Waals surface area contributed by atoms with Crippen LogP contribution in [0.2, 0.25) is 0 Å². The maximum atomic E-state index is 13.3. The lowest BCUT2D eigenvalue weighted by molar-refractivity contribution is 0.0893. The Bertz CT molecular complexity index is 1490. The highest BCUT2D eigenvalue weighted by Gasteiger charge is 2.28. The average Bonchev–Trinajstić information content (AvgIpc) is 3.65. The van der Waals surface area contributed by atoms with Gasteiger partial charge in [-0.1, -0.05) is 31.2 Å². The van der Waals surface area contributed by atoms with Gasteiger partial charge in [0, 0.05) is 25.3 Å². The quantitative estimate of drug-likeness (QED) is 0.282. The number of pyridine rings is 1. The van der Waals surface area contributed by atoms with Crippen molar-refractivity contribution in [2.24, 2.45) is 0 Å². The number of fused-ring (bicyclic) bond motifs is 1. The van der Waals surface area contributed by atoms with Crippen LogP contribution >= 0.6 is 0 Å². The first-order valence-corrected chi connectivity index (χ1v) is 13.9. The molecule has 0 amide bonds. The SMILES string of the molecule is CC[C@@H](c1nnnn1C[C@H]1CCCO1)N(CCc1ccc(OC)c(OC)c1)Cc1cc2cccc(C)c2[nH]c1=O. The van der Waals surface area contributed by atoms with Crippen molar-refractivity contribution in [1.82, 2.24) is 30.1 Å². The zero-order chi connectivity index (χ0) is 28.1. The van der Waals surface area contributed by atoms with Gasteiger partial charge >= 0.3 is 0 Å². The van der Waals surface area contributed by atoms with Crippen LogP contribution in [-0.4, -0.2) is 63.6 Å². The van der Waals surface area contributed by atoms with Gasteiger partial charge in [-0.05, 0) is 77.7 Å². The molecule has 10 nitrogen and oxygen atoms in total. The number of hydrogen-bond donors (Lipinski definition) is 1. The molecule has 40 heavy (non-hydrogen) atoms. The molecule has 1 saturated heterocycles. The van der Waals surface area contributed by atoms with Gasteiger partial charge in [-0.15, -0.1) is 5.10 Å². The fourth-order valence-corrected chi connectivity index (χ4v) is 5.58. The van der Waals surface area contributed by atoms with Gasteiger partial charge in [0.2, 0.25) is 0 Å². The Morgan fingerprint density at radius 3 is 2.77 bits per heavy atom. The second-order valence-electron chi connectivity index (χ2n) is 10.4. The summed E-state index contributed by atoms with van der Waals surface area (Å²) >= 11 is 0. The first-order valence-electron chi connectivity index (χ1n) is 13.9. The molecule has 0 unspecified atom stereocenters. The number of aromatic amines is 1. The predicted octanol–water partition coefficient (Wildman–Crippen LogP) is 4.22. The molecule has 1 fully saturated rings. The number of aryl methyl sites for hydroxylation is 1. The minimum absolute atomic E-state index is 0.0771. The molecule has 1 N–H and O–H groups in total. The van der Waals surface area contributed by atoms with E-state index in [1.165, 1.54) is 0 Å². The number of H-pyrrole nitrogens is 1. The number of nitrogens with one attached hydrogen (secondary N) is 1. The highest BCUT2D eigenvalue weighted by molar-refractivity contribution is 5.81. The molecule has 0 radical (unpaired) electrons. The maximum absolute atomic E-state index is 13.3. The smallest absolute Gasteiger partial charge is 0.252 e. The molecular weight excluding hydrogens is 508 g/mol. The number of aromatic nitrogens is 5. The van der Waals surface area contributed by atoms with E-state index in [1.54, 1.807) is 14.2 Å². The molecule has 0 bridgehead atoms. The lowest BCUT2D eigenvalue weighted by atomic mass is 10.1. The molecule has 4 aromatic rings. The summed E-state index contributed by atoms with van der Waals surface area (Å²) in [7, 11) is 3.27. The molecular formula is C30H38N6O4. The van der Waals surface area contributed by atoms with Crippen molar-refractivity contribution >= 4 is 10.9 Å². The van der Waals surface area contributed by atoms with E-state index in [0.29, 0.717) is 36.7 Å². The number of para-hydroxylation sites is 1. The van der Waals surface area contributed by atoms with Crippen LogP contribution in [0.1, 0.15) is 54.7 Å². The third-order valence-corrected chi connectivity index (χ3v) is 7.76. The van der Waals surface area contributed by atoms with Crippen molar-refractivity contribution < 1.29 is 14.2 Å². The second kappa shape index (κ2) is 12.6. The van der Waals surface area contributed by atoms with Gasteiger partial charge in [-0.25, -0.2) is 4.68 Å². The summed E-state index contributed by atoms with van der Waals surface area (Å²) < 4.78 is 18.7. The normalized spacial score (nSPS) is 16.1. The van der Waals surface area contributed by atoms with Crippen molar-refractivity contribution in [3.05, 3.63) is 75.3 Å². The molecule has 0 saturated carbocycles. The number of hydrogen-bond acceptors (Lipinski definition) is 8. The molecule has 212 valence electrons. The van der Waals surface area contributed by atoms with E-state index in [-0.39, 0.29) is 17.7 Å². The third-order valence-electron chi connectivity index (χ3n) is 7.76. The number of rotatable bonds is 12. The minimum Gasteiger partial charge on any atom is -0.493 e. The summed E-state index contributed by atoms with van der Waals surface area (Å²) in [5, 5.41) is 13.8. The molecule has 1 aliphatic rings. The Kier molecular flexibility index (Phi) is 8.76. The predicted molar refractivity (Wildman–Crippen MR) is 153 cm³/mol. The Balaban J connectivity index is 1.47. The summed E-state index contributed by atoms with van der Waals surface area (Å²) in [6.45, 7) is 6.69. The van der Waals surface area contributed by atoms with E-state index in [4.69, 9.17) is 14.2 Å². The lowest BCUT2D eigenvalue weighted by Crippen LogP contribution is -2.34. The van der Waals surface area contributed by atoms with E-state index in [9.17, 15) is 4.79 Å². The van der Waals surface area contributed by atoms with Gasteiger partial charge in [-0.2, -0.15) is 0 Å². The topological polar surface area (TPSA) is 107 Å². The van der Waals surface area contributed by atoms with Crippen LogP contribution in [0.15, 0.2) is 47.3 Å². The molecule has 5 rings (SSSR count). The highest BCUT2D eigenvalue weighted by atomic mass is 16.5.